The average molecular weight is 406 g/mol. The molecule has 1 amide bonds. The first-order chi connectivity index (χ1) is 14.1. The number of carbonyl (C=O) groups excluding carboxylic acids is 1. The van der Waals surface area contributed by atoms with Crippen molar-refractivity contribution >= 4 is 34.2 Å². The van der Waals surface area contributed by atoms with E-state index >= 15 is 0 Å². The van der Waals surface area contributed by atoms with E-state index in [4.69, 9.17) is 16.3 Å². The SMILES string of the molecule is Cc1ccc(OCc2nc3ccccc3n2CC(=O)Nc2cccc(Cl)c2)cc1. The Morgan fingerprint density at radius 2 is 1.86 bits per heavy atom. The van der Waals surface area contributed by atoms with Crippen molar-refractivity contribution in [1.29, 1.82) is 0 Å². The molecular weight excluding hydrogens is 386 g/mol. The minimum Gasteiger partial charge on any atom is -0.486 e. The van der Waals surface area contributed by atoms with Crippen LogP contribution in [0.3, 0.4) is 0 Å². The van der Waals surface area contributed by atoms with Gasteiger partial charge in [0.1, 0.15) is 24.7 Å². The maximum Gasteiger partial charge on any atom is 0.244 e. The number of halogens is 1. The minimum atomic E-state index is -0.160. The van der Waals surface area contributed by atoms with Gasteiger partial charge in [-0.05, 0) is 49.4 Å². The van der Waals surface area contributed by atoms with Crippen LogP contribution in [0.4, 0.5) is 5.69 Å². The number of imidazole rings is 1. The minimum absolute atomic E-state index is 0.125. The second-order valence-electron chi connectivity index (χ2n) is 6.76. The number of aryl methyl sites for hydroxylation is 1. The Morgan fingerprint density at radius 1 is 1.07 bits per heavy atom. The fourth-order valence-corrected chi connectivity index (χ4v) is 3.30. The Balaban J connectivity index is 1.56. The Labute approximate surface area is 173 Å². The zero-order valence-electron chi connectivity index (χ0n) is 15.9. The summed E-state index contributed by atoms with van der Waals surface area (Å²) >= 11 is 6.00. The number of nitrogens with one attached hydrogen (secondary N) is 1. The number of amides is 1. The Bertz CT molecular complexity index is 1150. The highest BCUT2D eigenvalue weighted by Crippen LogP contribution is 2.20. The molecule has 4 rings (SSSR count). The highest BCUT2D eigenvalue weighted by atomic mass is 35.5. The van der Waals surface area contributed by atoms with Crippen molar-refractivity contribution in [3.8, 4) is 5.75 Å². The molecule has 4 aromatic rings. The number of aromatic nitrogens is 2. The topological polar surface area (TPSA) is 56.2 Å². The largest absolute Gasteiger partial charge is 0.486 e. The molecule has 146 valence electrons. The van der Waals surface area contributed by atoms with Gasteiger partial charge in [-0.15, -0.1) is 0 Å². The molecule has 1 N–H and O–H groups in total. The zero-order valence-corrected chi connectivity index (χ0v) is 16.7. The summed E-state index contributed by atoms with van der Waals surface area (Å²) in [6.45, 7) is 2.42. The molecule has 0 aliphatic rings. The van der Waals surface area contributed by atoms with Crippen molar-refractivity contribution in [2.45, 2.75) is 20.1 Å². The first kappa shape index (κ1) is 19.0. The Hall–Kier alpha value is -3.31. The lowest BCUT2D eigenvalue weighted by Crippen LogP contribution is -2.20. The lowest BCUT2D eigenvalue weighted by Gasteiger charge is -2.11. The van der Waals surface area contributed by atoms with Gasteiger partial charge >= 0.3 is 0 Å². The highest BCUT2D eigenvalue weighted by molar-refractivity contribution is 6.30. The van der Waals surface area contributed by atoms with Crippen LogP contribution < -0.4 is 10.1 Å². The molecule has 0 radical (unpaired) electrons. The summed E-state index contributed by atoms with van der Waals surface area (Å²) < 4.78 is 7.78. The molecule has 0 atom stereocenters. The van der Waals surface area contributed by atoms with Gasteiger partial charge in [0.15, 0.2) is 0 Å². The third-order valence-corrected chi connectivity index (χ3v) is 4.77. The van der Waals surface area contributed by atoms with Crippen LogP contribution in [0.5, 0.6) is 5.75 Å². The van der Waals surface area contributed by atoms with Crippen LogP contribution in [0.2, 0.25) is 5.02 Å². The number of hydrogen-bond acceptors (Lipinski definition) is 3. The summed E-state index contributed by atoms with van der Waals surface area (Å²) in [6.07, 6.45) is 0. The summed E-state index contributed by atoms with van der Waals surface area (Å²) in [5.41, 5.74) is 3.54. The van der Waals surface area contributed by atoms with Crippen LogP contribution in [0.25, 0.3) is 11.0 Å². The molecule has 1 aromatic heterocycles. The summed E-state index contributed by atoms with van der Waals surface area (Å²) in [5.74, 6) is 1.29. The van der Waals surface area contributed by atoms with E-state index in [-0.39, 0.29) is 19.1 Å². The van der Waals surface area contributed by atoms with Gasteiger partial charge < -0.3 is 14.6 Å². The summed E-state index contributed by atoms with van der Waals surface area (Å²) in [5, 5.41) is 3.45. The number of rotatable bonds is 6. The van der Waals surface area contributed by atoms with Crippen LogP contribution in [0, 0.1) is 6.92 Å². The van der Waals surface area contributed by atoms with Crippen molar-refractivity contribution in [3.05, 3.63) is 89.2 Å². The maximum absolute atomic E-state index is 12.7. The Morgan fingerprint density at radius 3 is 2.66 bits per heavy atom. The molecule has 0 aliphatic carbocycles. The van der Waals surface area contributed by atoms with Gasteiger partial charge in [-0.3, -0.25) is 4.79 Å². The highest BCUT2D eigenvalue weighted by Gasteiger charge is 2.14. The fraction of sp³-hybridized carbons (Fsp3) is 0.130. The van der Waals surface area contributed by atoms with E-state index < -0.39 is 0 Å². The molecule has 0 saturated carbocycles. The van der Waals surface area contributed by atoms with E-state index in [2.05, 4.69) is 10.3 Å². The summed E-state index contributed by atoms with van der Waals surface area (Å²) in [4.78, 5) is 17.3. The number of ether oxygens (including phenoxy) is 1. The summed E-state index contributed by atoms with van der Waals surface area (Å²) in [7, 11) is 0. The summed E-state index contributed by atoms with van der Waals surface area (Å²) in [6, 6.07) is 22.7. The maximum atomic E-state index is 12.7. The van der Waals surface area contributed by atoms with Gasteiger partial charge in [-0.25, -0.2) is 4.98 Å². The quantitative estimate of drug-likeness (QED) is 0.478. The zero-order chi connectivity index (χ0) is 20.2. The van der Waals surface area contributed by atoms with E-state index in [1.165, 1.54) is 5.56 Å². The van der Waals surface area contributed by atoms with E-state index in [1.54, 1.807) is 24.3 Å². The van der Waals surface area contributed by atoms with Crippen LogP contribution in [0.15, 0.2) is 72.8 Å². The second kappa shape index (κ2) is 8.37. The van der Waals surface area contributed by atoms with E-state index in [1.807, 2.05) is 60.0 Å². The molecule has 3 aromatic carbocycles. The number of carbonyl (C=O) groups is 1. The molecule has 6 heteroatoms. The molecule has 0 saturated heterocycles. The van der Waals surface area contributed by atoms with Gasteiger partial charge in [-0.2, -0.15) is 0 Å². The second-order valence-corrected chi connectivity index (χ2v) is 7.20. The molecule has 5 nitrogen and oxygen atoms in total. The molecule has 0 spiro atoms. The number of hydrogen-bond donors (Lipinski definition) is 1. The molecule has 0 unspecified atom stereocenters. The van der Waals surface area contributed by atoms with Gasteiger partial charge in [-0.1, -0.05) is 47.5 Å². The first-order valence-corrected chi connectivity index (χ1v) is 9.65. The average Bonchev–Trinajstić information content (AvgIpc) is 3.05. The standard InChI is InChI=1S/C23H20ClN3O2/c1-16-9-11-19(12-10-16)29-15-22-26-20-7-2-3-8-21(20)27(22)14-23(28)25-18-6-4-5-17(24)13-18/h2-13H,14-15H2,1H3,(H,25,28). The number of para-hydroxylation sites is 2. The van der Waals surface area contributed by atoms with Crippen molar-refractivity contribution in [3.63, 3.8) is 0 Å². The molecular formula is C23H20ClN3O2. The number of anilines is 1. The Kier molecular flexibility index (Phi) is 5.49. The van der Waals surface area contributed by atoms with Crippen LogP contribution in [-0.4, -0.2) is 15.5 Å². The van der Waals surface area contributed by atoms with Gasteiger partial charge in [0.05, 0.1) is 11.0 Å². The number of fused-ring (bicyclic) bond motifs is 1. The van der Waals surface area contributed by atoms with Gasteiger partial charge in [0.25, 0.3) is 0 Å². The predicted molar refractivity (Wildman–Crippen MR) is 115 cm³/mol. The van der Waals surface area contributed by atoms with Crippen LogP contribution in [-0.2, 0) is 17.9 Å². The molecule has 1 heterocycles. The van der Waals surface area contributed by atoms with E-state index in [0.717, 1.165) is 16.8 Å². The van der Waals surface area contributed by atoms with Crippen molar-refractivity contribution in [2.24, 2.45) is 0 Å². The molecule has 0 aliphatic heterocycles. The third kappa shape index (κ3) is 4.58. The van der Waals surface area contributed by atoms with E-state index in [0.29, 0.717) is 16.5 Å². The van der Waals surface area contributed by atoms with Crippen LogP contribution in [0.1, 0.15) is 11.4 Å². The lowest BCUT2D eigenvalue weighted by molar-refractivity contribution is -0.116. The van der Waals surface area contributed by atoms with Gasteiger partial charge in [0, 0.05) is 10.7 Å². The molecule has 0 bridgehead atoms. The first-order valence-electron chi connectivity index (χ1n) is 9.27. The normalized spacial score (nSPS) is 10.8. The van der Waals surface area contributed by atoms with Crippen molar-refractivity contribution in [2.75, 3.05) is 5.32 Å². The monoisotopic (exact) mass is 405 g/mol. The predicted octanol–water partition coefficient (Wildman–Crippen LogP) is 5.22. The van der Waals surface area contributed by atoms with Crippen LogP contribution >= 0.6 is 11.6 Å². The molecule has 29 heavy (non-hydrogen) atoms. The lowest BCUT2D eigenvalue weighted by atomic mass is 10.2. The number of benzene rings is 3. The smallest absolute Gasteiger partial charge is 0.244 e. The molecule has 0 fully saturated rings. The third-order valence-electron chi connectivity index (χ3n) is 4.53. The van der Waals surface area contributed by atoms with Gasteiger partial charge in [0.2, 0.25) is 5.91 Å². The fourth-order valence-electron chi connectivity index (χ4n) is 3.10. The van der Waals surface area contributed by atoms with Crippen molar-refractivity contribution < 1.29 is 9.53 Å². The van der Waals surface area contributed by atoms with Crippen molar-refractivity contribution in [1.82, 2.24) is 9.55 Å². The van der Waals surface area contributed by atoms with E-state index in [9.17, 15) is 4.79 Å². The number of nitrogens with zero attached hydrogens (tertiary/aromatic N) is 2.